The van der Waals surface area contributed by atoms with E-state index >= 15 is 0 Å². The van der Waals surface area contributed by atoms with E-state index in [4.69, 9.17) is 0 Å². The van der Waals surface area contributed by atoms with Crippen LogP contribution in [-0.4, -0.2) is 24.6 Å². The number of benzene rings is 1. The van der Waals surface area contributed by atoms with Crippen LogP contribution in [-0.2, 0) is 9.84 Å². The number of hydrogen-bond donors (Lipinski definition) is 1. The van der Waals surface area contributed by atoms with Gasteiger partial charge in [-0.1, -0.05) is 15.9 Å². The van der Waals surface area contributed by atoms with Crippen molar-refractivity contribution in [1.29, 1.82) is 0 Å². The zero-order chi connectivity index (χ0) is 11.8. The average Bonchev–Trinajstić information content (AvgIpc) is 2.69. The number of imidazole rings is 1. The van der Waals surface area contributed by atoms with Crippen LogP contribution in [0.25, 0.3) is 11.4 Å². The van der Waals surface area contributed by atoms with Gasteiger partial charge in [-0.2, -0.15) is 0 Å². The second-order valence-electron chi connectivity index (χ2n) is 3.35. The van der Waals surface area contributed by atoms with Crippen molar-refractivity contribution < 1.29 is 8.42 Å². The number of aromatic nitrogens is 2. The van der Waals surface area contributed by atoms with E-state index in [1.807, 2.05) is 0 Å². The fourth-order valence-corrected chi connectivity index (χ4v) is 2.41. The molecule has 1 aromatic heterocycles. The summed E-state index contributed by atoms with van der Waals surface area (Å²) in [5.74, 6) is 0.636. The predicted octanol–water partition coefficient (Wildman–Crippen LogP) is 2.24. The summed E-state index contributed by atoms with van der Waals surface area (Å²) in [4.78, 5) is 7.31. The third-order valence-electron chi connectivity index (χ3n) is 2.12. The smallest absolute Gasteiger partial charge is 0.175 e. The van der Waals surface area contributed by atoms with Gasteiger partial charge in [0, 0.05) is 28.7 Å². The van der Waals surface area contributed by atoms with E-state index in [-0.39, 0.29) is 4.90 Å². The van der Waals surface area contributed by atoms with Gasteiger partial charge in [-0.25, -0.2) is 13.4 Å². The van der Waals surface area contributed by atoms with Gasteiger partial charge in [-0.15, -0.1) is 0 Å². The van der Waals surface area contributed by atoms with Crippen LogP contribution in [0.2, 0.25) is 0 Å². The molecule has 1 heterocycles. The summed E-state index contributed by atoms with van der Waals surface area (Å²) in [5, 5.41) is 0. The molecule has 0 saturated carbocycles. The topological polar surface area (TPSA) is 62.8 Å². The Bertz CT molecular complexity index is 606. The van der Waals surface area contributed by atoms with Gasteiger partial charge >= 0.3 is 0 Å². The molecule has 0 fully saturated rings. The van der Waals surface area contributed by atoms with Gasteiger partial charge in [0.15, 0.2) is 9.84 Å². The SMILES string of the molecule is CS(=O)(=O)c1ccc(Br)c(-c2ncc[nH]2)c1. The molecule has 0 atom stereocenters. The maximum Gasteiger partial charge on any atom is 0.175 e. The molecule has 0 aliphatic rings. The molecule has 84 valence electrons. The molecule has 0 bridgehead atoms. The Hall–Kier alpha value is -1.14. The van der Waals surface area contributed by atoms with Crippen molar-refractivity contribution in [2.75, 3.05) is 6.26 Å². The molecular formula is C10H9BrN2O2S. The molecule has 0 aliphatic heterocycles. The fourth-order valence-electron chi connectivity index (χ4n) is 1.33. The Kier molecular flexibility index (Phi) is 2.86. The standard InChI is InChI=1S/C10H9BrN2O2S/c1-16(14,15)7-2-3-9(11)8(6-7)10-12-4-5-13-10/h2-6H,1H3,(H,12,13). The van der Waals surface area contributed by atoms with E-state index in [1.54, 1.807) is 30.6 Å². The average molecular weight is 301 g/mol. The zero-order valence-corrected chi connectivity index (χ0v) is 10.8. The first-order valence-electron chi connectivity index (χ1n) is 4.48. The van der Waals surface area contributed by atoms with E-state index in [9.17, 15) is 8.42 Å². The Morgan fingerprint density at radius 1 is 1.38 bits per heavy atom. The summed E-state index contributed by atoms with van der Waals surface area (Å²) in [6.07, 6.45) is 4.49. The largest absolute Gasteiger partial charge is 0.345 e. The Labute approximate surface area is 102 Å². The van der Waals surface area contributed by atoms with Gasteiger partial charge in [-0.05, 0) is 18.2 Å². The van der Waals surface area contributed by atoms with Crippen molar-refractivity contribution in [3.63, 3.8) is 0 Å². The number of halogens is 1. The van der Waals surface area contributed by atoms with Gasteiger partial charge in [-0.3, -0.25) is 0 Å². The summed E-state index contributed by atoms with van der Waals surface area (Å²) < 4.78 is 23.6. The lowest BCUT2D eigenvalue weighted by Gasteiger charge is -2.04. The maximum absolute atomic E-state index is 11.4. The van der Waals surface area contributed by atoms with Gasteiger partial charge in [0.05, 0.1) is 4.90 Å². The number of nitrogens with zero attached hydrogens (tertiary/aromatic N) is 1. The molecule has 2 aromatic rings. The van der Waals surface area contributed by atoms with Crippen molar-refractivity contribution in [3.8, 4) is 11.4 Å². The Balaban J connectivity index is 2.63. The number of sulfone groups is 1. The molecule has 0 aliphatic carbocycles. The van der Waals surface area contributed by atoms with Crippen LogP contribution in [0, 0.1) is 0 Å². The predicted molar refractivity (Wildman–Crippen MR) is 64.8 cm³/mol. The highest BCUT2D eigenvalue weighted by Gasteiger charge is 2.12. The molecule has 0 unspecified atom stereocenters. The van der Waals surface area contributed by atoms with Crippen LogP contribution in [0.3, 0.4) is 0 Å². The van der Waals surface area contributed by atoms with Crippen LogP contribution >= 0.6 is 15.9 Å². The quantitative estimate of drug-likeness (QED) is 0.925. The molecule has 0 radical (unpaired) electrons. The second kappa shape index (κ2) is 4.03. The van der Waals surface area contributed by atoms with Crippen molar-refractivity contribution >= 4 is 25.8 Å². The molecule has 0 saturated heterocycles. The van der Waals surface area contributed by atoms with E-state index in [2.05, 4.69) is 25.9 Å². The Morgan fingerprint density at radius 3 is 2.69 bits per heavy atom. The van der Waals surface area contributed by atoms with E-state index in [0.717, 1.165) is 10.0 Å². The van der Waals surface area contributed by atoms with Crippen molar-refractivity contribution in [2.45, 2.75) is 4.90 Å². The number of aromatic amines is 1. The number of nitrogens with one attached hydrogen (secondary N) is 1. The minimum absolute atomic E-state index is 0.280. The summed E-state index contributed by atoms with van der Waals surface area (Å²) in [6, 6.07) is 4.86. The first-order valence-corrected chi connectivity index (χ1v) is 7.16. The molecule has 6 heteroatoms. The lowest BCUT2D eigenvalue weighted by Crippen LogP contribution is -1.97. The molecule has 4 nitrogen and oxygen atoms in total. The highest BCUT2D eigenvalue weighted by Crippen LogP contribution is 2.28. The summed E-state index contributed by atoms with van der Waals surface area (Å²) >= 11 is 3.36. The molecule has 1 aromatic carbocycles. The summed E-state index contributed by atoms with van der Waals surface area (Å²) in [6.45, 7) is 0. The second-order valence-corrected chi connectivity index (χ2v) is 6.22. The molecular weight excluding hydrogens is 292 g/mol. The van der Waals surface area contributed by atoms with E-state index in [1.165, 1.54) is 6.26 Å². The lowest BCUT2D eigenvalue weighted by atomic mass is 10.2. The van der Waals surface area contributed by atoms with Gasteiger partial charge in [0.2, 0.25) is 0 Å². The number of rotatable bonds is 2. The van der Waals surface area contributed by atoms with E-state index in [0.29, 0.717) is 5.82 Å². The first kappa shape index (κ1) is 11.3. The number of H-pyrrole nitrogens is 1. The van der Waals surface area contributed by atoms with E-state index < -0.39 is 9.84 Å². The minimum Gasteiger partial charge on any atom is -0.345 e. The molecule has 2 rings (SSSR count). The van der Waals surface area contributed by atoms with Crippen LogP contribution in [0.4, 0.5) is 0 Å². The molecule has 16 heavy (non-hydrogen) atoms. The number of hydrogen-bond acceptors (Lipinski definition) is 3. The van der Waals surface area contributed by atoms with Crippen LogP contribution in [0.1, 0.15) is 0 Å². The first-order chi connectivity index (χ1) is 7.48. The highest BCUT2D eigenvalue weighted by atomic mass is 79.9. The minimum atomic E-state index is -3.20. The summed E-state index contributed by atoms with van der Waals surface area (Å²) in [7, 11) is -3.20. The molecule has 0 amide bonds. The van der Waals surface area contributed by atoms with Crippen molar-refractivity contribution in [2.24, 2.45) is 0 Å². The lowest BCUT2D eigenvalue weighted by molar-refractivity contribution is 0.602. The molecule has 1 N–H and O–H groups in total. The maximum atomic E-state index is 11.4. The van der Waals surface area contributed by atoms with Crippen LogP contribution < -0.4 is 0 Å². The zero-order valence-electron chi connectivity index (χ0n) is 8.44. The molecule has 0 spiro atoms. The third kappa shape index (κ3) is 2.17. The van der Waals surface area contributed by atoms with Crippen molar-refractivity contribution in [1.82, 2.24) is 9.97 Å². The third-order valence-corrected chi connectivity index (χ3v) is 3.92. The van der Waals surface area contributed by atoms with Gasteiger partial charge < -0.3 is 4.98 Å². The summed E-state index contributed by atoms with van der Waals surface area (Å²) in [5.41, 5.74) is 0.730. The fraction of sp³-hybridized carbons (Fsp3) is 0.100. The van der Waals surface area contributed by atoms with Gasteiger partial charge in [0.1, 0.15) is 5.82 Å². The normalized spacial score (nSPS) is 11.6. The van der Waals surface area contributed by atoms with Crippen molar-refractivity contribution in [3.05, 3.63) is 35.1 Å². The highest BCUT2D eigenvalue weighted by molar-refractivity contribution is 9.10. The van der Waals surface area contributed by atoms with Crippen LogP contribution in [0.5, 0.6) is 0 Å². The van der Waals surface area contributed by atoms with Crippen LogP contribution in [0.15, 0.2) is 40.0 Å². The van der Waals surface area contributed by atoms with Gasteiger partial charge in [0.25, 0.3) is 0 Å². The Morgan fingerprint density at radius 2 is 2.12 bits per heavy atom. The monoisotopic (exact) mass is 300 g/mol.